The third kappa shape index (κ3) is 4.41. The molecule has 0 saturated heterocycles. The highest BCUT2D eigenvalue weighted by molar-refractivity contribution is 5.96. The average Bonchev–Trinajstić information content (AvgIpc) is 3.24. The molecule has 1 aliphatic rings. The van der Waals surface area contributed by atoms with Crippen molar-refractivity contribution in [3.63, 3.8) is 0 Å². The van der Waals surface area contributed by atoms with Gasteiger partial charge in [-0.1, -0.05) is 42.5 Å². The van der Waals surface area contributed by atoms with Crippen LogP contribution in [0.15, 0.2) is 78.9 Å². The number of hydrazine groups is 1. The molecule has 1 aliphatic heterocycles. The Bertz CT molecular complexity index is 1330. The first-order chi connectivity index (χ1) is 16.1. The van der Waals surface area contributed by atoms with Gasteiger partial charge in [-0.3, -0.25) is 20.4 Å². The molecule has 5 rings (SSSR count). The molecule has 0 saturated carbocycles. The van der Waals surface area contributed by atoms with Crippen LogP contribution >= 0.6 is 0 Å². The monoisotopic (exact) mass is 436 g/mol. The summed E-state index contributed by atoms with van der Waals surface area (Å²) < 4.78 is 0. The highest BCUT2D eigenvalue weighted by Gasteiger charge is 2.23. The van der Waals surface area contributed by atoms with Gasteiger partial charge >= 0.3 is 0 Å². The molecule has 6 nitrogen and oxygen atoms in total. The SMILES string of the molecule is Cc1ccc2cc3c(nc2c1)N(c1ccc(C(=O)NNC(=O)Cc2ccccc2)cc1)CC3. The summed E-state index contributed by atoms with van der Waals surface area (Å²) in [6.07, 6.45) is 1.14. The summed E-state index contributed by atoms with van der Waals surface area (Å²) in [6, 6.07) is 25.3. The fraction of sp³-hybridized carbons (Fsp3) is 0.148. The van der Waals surface area contributed by atoms with Crippen LogP contribution < -0.4 is 15.8 Å². The Morgan fingerprint density at radius 3 is 2.52 bits per heavy atom. The molecule has 0 radical (unpaired) electrons. The Morgan fingerprint density at radius 2 is 1.73 bits per heavy atom. The second-order valence-electron chi connectivity index (χ2n) is 8.28. The first-order valence-electron chi connectivity index (χ1n) is 11.0. The van der Waals surface area contributed by atoms with Gasteiger partial charge in [0.1, 0.15) is 5.82 Å². The molecule has 6 heteroatoms. The number of hydrogen-bond donors (Lipinski definition) is 2. The molecule has 33 heavy (non-hydrogen) atoms. The fourth-order valence-electron chi connectivity index (χ4n) is 4.13. The van der Waals surface area contributed by atoms with E-state index < -0.39 is 0 Å². The molecular formula is C27H24N4O2. The summed E-state index contributed by atoms with van der Waals surface area (Å²) in [7, 11) is 0. The molecule has 0 fully saturated rings. The molecule has 2 N–H and O–H groups in total. The van der Waals surface area contributed by atoms with E-state index in [1.54, 1.807) is 12.1 Å². The summed E-state index contributed by atoms with van der Waals surface area (Å²) in [5, 5.41) is 1.16. The first-order valence-corrected chi connectivity index (χ1v) is 11.0. The van der Waals surface area contributed by atoms with Gasteiger partial charge in [0.2, 0.25) is 5.91 Å². The minimum absolute atomic E-state index is 0.204. The summed E-state index contributed by atoms with van der Waals surface area (Å²) in [5.41, 5.74) is 10.7. The van der Waals surface area contributed by atoms with Crippen molar-refractivity contribution in [2.24, 2.45) is 0 Å². The lowest BCUT2D eigenvalue weighted by Gasteiger charge is -2.19. The molecule has 2 amide bonds. The molecule has 1 aromatic heterocycles. The van der Waals surface area contributed by atoms with Crippen molar-refractivity contribution in [3.05, 3.63) is 101 Å². The predicted octanol–water partition coefficient (Wildman–Crippen LogP) is 4.24. The number of aromatic nitrogens is 1. The molecule has 164 valence electrons. The fourth-order valence-corrected chi connectivity index (χ4v) is 4.13. The van der Waals surface area contributed by atoms with E-state index in [4.69, 9.17) is 4.98 Å². The number of hydrogen-bond acceptors (Lipinski definition) is 4. The maximum atomic E-state index is 12.5. The van der Waals surface area contributed by atoms with Crippen molar-refractivity contribution in [1.82, 2.24) is 15.8 Å². The highest BCUT2D eigenvalue weighted by Crippen LogP contribution is 2.35. The molecular weight excluding hydrogens is 412 g/mol. The van der Waals surface area contributed by atoms with E-state index in [2.05, 4.69) is 46.9 Å². The Kier molecular flexibility index (Phi) is 5.48. The number of benzene rings is 3. The number of carbonyl (C=O) groups excluding carboxylic acids is 2. The van der Waals surface area contributed by atoms with E-state index in [1.165, 1.54) is 11.1 Å². The van der Waals surface area contributed by atoms with Crippen LogP contribution in [0, 0.1) is 6.92 Å². The van der Waals surface area contributed by atoms with Gasteiger partial charge < -0.3 is 4.90 Å². The largest absolute Gasteiger partial charge is 0.326 e. The van der Waals surface area contributed by atoms with Crippen molar-refractivity contribution < 1.29 is 9.59 Å². The van der Waals surface area contributed by atoms with Crippen LogP contribution in [0.4, 0.5) is 11.5 Å². The zero-order valence-electron chi connectivity index (χ0n) is 18.3. The summed E-state index contributed by atoms with van der Waals surface area (Å²) in [5.74, 6) is 0.344. The van der Waals surface area contributed by atoms with Gasteiger partial charge in [0.15, 0.2) is 0 Å². The zero-order valence-corrected chi connectivity index (χ0v) is 18.3. The number of rotatable bonds is 4. The molecule has 0 spiro atoms. The van der Waals surface area contributed by atoms with Gasteiger partial charge in [0.05, 0.1) is 11.9 Å². The zero-order chi connectivity index (χ0) is 22.8. The molecule has 2 heterocycles. The van der Waals surface area contributed by atoms with E-state index in [0.717, 1.165) is 40.9 Å². The molecule has 0 unspecified atom stereocenters. The van der Waals surface area contributed by atoms with Crippen molar-refractivity contribution in [2.75, 3.05) is 11.4 Å². The van der Waals surface area contributed by atoms with Crippen LogP contribution in [0.2, 0.25) is 0 Å². The standard InChI is InChI=1S/C27H24N4O2/c1-18-7-8-21-17-22-13-14-31(26(22)28-24(21)15-18)23-11-9-20(10-12-23)27(33)30-29-25(32)16-19-5-3-2-4-6-19/h2-12,15,17H,13-14,16H2,1H3,(H,29,32)(H,30,33). The normalized spacial score (nSPS) is 12.5. The Hall–Kier alpha value is -4.19. The maximum Gasteiger partial charge on any atom is 0.269 e. The number of aryl methyl sites for hydroxylation is 1. The number of carbonyl (C=O) groups is 2. The summed E-state index contributed by atoms with van der Waals surface area (Å²) >= 11 is 0. The minimum Gasteiger partial charge on any atom is -0.326 e. The Morgan fingerprint density at radius 1 is 0.939 bits per heavy atom. The van der Waals surface area contributed by atoms with E-state index >= 15 is 0 Å². The number of pyridine rings is 1. The van der Waals surface area contributed by atoms with Gasteiger partial charge in [-0.2, -0.15) is 0 Å². The third-order valence-corrected chi connectivity index (χ3v) is 5.85. The highest BCUT2D eigenvalue weighted by atomic mass is 16.2. The van der Waals surface area contributed by atoms with Gasteiger partial charge in [-0.15, -0.1) is 0 Å². The second-order valence-corrected chi connectivity index (χ2v) is 8.28. The van der Waals surface area contributed by atoms with Crippen LogP contribution in [0.25, 0.3) is 10.9 Å². The number of amides is 2. The smallest absolute Gasteiger partial charge is 0.269 e. The van der Waals surface area contributed by atoms with Crippen molar-refractivity contribution in [2.45, 2.75) is 19.8 Å². The van der Waals surface area contributed by atoms with Crippen molar-refractivity contribution in [3.8, 4) is 0 Å². The lowest BCUT2D eigenvalue weighted by Crippen LogP contribution is -2.42. The molecule has 0 bridgehead atoms. The number of nitrogens with zero attached hydrogens (tertiary/aromatic N) is 2. The molecule has 4 aromatic rings. The van der Waals surface area contributed by atoms with Gasteiger partial charge in [-0.05, 0) is 66.4 Å². The number of nitrogens with one attached hydrogen (secondary N) is 2. The van der Waals surface area contributed by atoms with Crippen LogP contribution in [-0.4, -0.2) is 23.3 Å². The Labute approximate surface area is 192 Å². The number of anilines is 2. The maximum absolute atomic E-state index is 12.5. The van der Waals surface area contributed by atoms with Gasteiger partial charge in [0.25, 0.3) is 5.91 Å². The average molecular weight is 437 g/mol. The van der Waals surface area contributed by atoms with Crippen LogP contribution in [0.3, 0.4) is 0 Å². The summed E-state index contributed by atoms with van der Waals surface area (Å²) in [6.45, 7) is 2.92. The Balaban J connectivity index is 1.26. The van der Waals surface area contributed by atoms with Gasteiger partial charge in [0, 0.05) is 23.2 Å². The molecule has 0 atom stereocenters. The van der Waals surface area contributed by atoms with E-state index in [9.17, 15) is 9.59 Å². The van der Waals surface area contributed by atoms with E-state index in [0.29, 0.717) is 5.56 Å². The predicted molar refractivity (Wildman–Crippen MR) is 129 cm³/mol. The minimum atomic E-state index is -0.357. The topological polar surface area (TPSA) is 74.3 Å². The molecule has 3 aromatic carbocycles. The lowest BCUT2D eigenvalue weighted by atomic mass is 10.1. The first kappa shape index (κ1) is 20.7. The van der Waals surface area contributed by atoms with E-state index in [-0.39, 0.29) is 18.2 Å². The van der Waals surface area contributed by atoms with Crippen LogP contribution in [0.1, 0.15) is 27.0 Å². The number of fused-ring (bicyclic) bond motifs is 2. The van der Waals surface area contributed by atoms with Gasteiger partial charge in [-0.25, -0.2) is 4.98 Å². The van der Waals surface area contributed by atoms with Crippen LogP contribution in [0.5, 0.6) is 0 Å². The van der Waals surface area contributed by atoms with E-state index in [1.807, 2.05) is 42.5 Å². The molecule has 0 aliphatic carbocycles. The third-order valence-electron chi connectivity index (χ3n) is 5.85. The summed E-state index contributed by atoms with van der Waals surface area (Å²) in [4.78, 5) is 31.6. The lowest BCUT2D eigenvalue weighted by molar-refractivity contribution is -0.121. The van der Waals surface area contributed by atoms with Crippen LogP contribution in [-0.2, 0) is 17.6 Å². The quantitative estimate of drug-likeness (QED) is 0.469. The second kappa shape index (κ2) is 8.74. The van der Waals surface area contributed by atoms with Crippen molar-refractivity contribution >= 4 is 34.2 Å². The van der Waals surface area contributed by atoms with Crippen molar-refractivity contribution in [1.29, 1.82) is 0 Å².